The van der Waals surface area contributed by atoms with E-state index in [4.69, 9.17) is 0 Å². The van der Waals surface area contributed by atoms with E-state index in [1.165, 1.54) is 6.92 Å². The first-order chi connectivity index (χ1) is 6.25. The van der Waals surface area contributed by atoms with Crippen LogP contribution in [0.2, 0.25) is 0 Å². The average Bonchev–Trinajstić information content (AvgIpc) is 2.06. The van der Waals surface area contributed by atoms with Gasteiger partial charge < -0.3 is 0 Å². The minimum absolute atomic E-state index is 0.167. The molecular weight excluding hydrogens is 332 g/mol. The molecule has 0 aliphatic heterocycles. The van der Waals surface area contributed by atoms with Crippen LogP contribution in [0.5, 0.6) is 0 Å². The van der Waals surface area contributed by atoms with E-state index in [0.29, 0.717) is 5.56 Å². The van der Waals surface area contributed by atoms with E-state index in [1.807, 2.05) is 0 Å². The molecule has 1 rings (SSSR count). The Morgan fingerprint density at radius 2 is 1.71 bits per heavy atom. The van der Waals surface area contributed by atoms with Crippen molar-refractivity contribution in [3.05, 3.63) is 32.0 Å². The summed E-state index contributed by atoms with van der Waals surface area (Å²) in [6.45, 7) is 1.51. The standard InChI is InChI=1S/C8H4Br2F4/c1-3-5(9)2-4(8(12,13)14)7(11)6(3)10/h2H,1H3. The van der Waals surface area contributed by atoms with Gasteiger partial charge in [0.1, 0.15) is 5.82 Å². The molecule has 78 valence electrons. The van der Waals surface area contributed by atoms with Gasteiger partial charge in [0.25, 0.3) is 0 Å². The molecule has 0 saturated heterocycles. The predicted octanol–water partition coefficient (Wildman–Crippen LogP) is 4.68. The van der Waals surface area contributed by atoms with Gasteiger partial charge in [-0.3, -0.25) is 0 Å². The van der Waals surface area contributed by atoms with Crippen molar-refractivity contribution < 1.29 is 17.6 Å². The Labute approximate surface area is 94.6 Å². The smallest absolute Gasteiger partial charge is 0.205 e. The topological polar surface area (TPSA) is 0 Å². The Balaban J connectivity index is 3.49. The molecule has 0 aliphatic carbocycles. The van der Waals surface area contributed by atoms with Gasteiger partial charge in [0.15, 0.2) is 0 Å². The summed E-state index contributed by atoms with van der Waals surface area (Å²) < 4.78 is 50.0. The number of benzene rings is 1. The molecule has 0 atom stereocenters. The van der Waals surface area contributed by atoms with Crippen LogP contribution < -0.4 is 0 Å². The first-order valence-electron chi connectivity index (χ1n) is 3.46. The third-order valence-electron chi connectivity index (χ3n) is 1.69. The van der Waals surface area contributed by atoms with Crippen LogP contribution >= 0.6 is 31.9 Å². The molecule has 0 aliphatic rings. The zero-order chi connectivity index (χ0) is 11.1. The van der Waals surface area contributed by atoms with Crippen molar-refractivity contribution in [3.63, 3.8) is 0 Å². The largest absolute Gasteiger partial charge is 0.419 e. The summed E-state index contributed by atoms with van der Waals surface area (Å²) in [5.41, 5.74) is -0.877. The quantitative estimate of drug-likeness (QED) is 0.477. The van der Waals surface area contributed by atoms with Gasteiger partial charge in [-0.05, 0) is 34.5 Å². The van der Waals surface area contributed by atoms with Gasteiger partial charge in [0.05, 0.1) is 10.0 Å². The molecule has 1 aromatic rings. The second-order valence-electron chi connectivity index (χ2n) is 2.66. The molecule has 0 bridgehead atoms. The van der Waals surface area contributed by atoms with Crippen molar-refractivity contribution in [2.75, 3.05) is 0 Å². The number of alkyl halides is 3. The number of hydrogen-bond acceptors (Lipinski definition) is 0. The molecule has 0 spiro atoms. The predicted molar refractivity (Wildman–Crippen MR) is 51.5 cm³/mol. The SMILES string of the molecule is Cc1c(Br)cc(C(F)(F)F)c(F)c1Br. The molecule has 0 amide bonds. The lowest BCUT2D eigenvalue weighted by molar-refractivity contribution is -0.140. The minimum Gasteiger partial charge on any atom is -0.205 e. The summed E-state index contributed by atoms with van der Waals surface area (Å²) >= 11 is 5.70. The third kappa shape index (κ3) is 2.11. The highest BCUT2D eigenvalue weighted by molar-refractivity contribution is 9.11. The van der Waals surface area contributed by atoms with Crippen molar-refractivity contribution in [3.8, 4) is 0 Å². The fourth-order valence-corrected chi connectivity index (χ4v) is 2.01. The molecule has 0 fully saturated rings. The van der Waals surface area contributed by atoms with E-state index >= 15 is 0 Å². The van der Waals surface area contributed by atoms with Crippen LogP contribution in [0.3, 0.4) is 0 Å². The summed E-state index contributed by atoms with van der Waals surface area (Å²) in [4.78, 5) is 0. The molecular formula is C8H4Br2F4. The highest BCUT2D eigenvalue weighted by Gasteiger charge is 2.35. The van der Waals surface area contributed by atoms with Gasteiger partial charge in [0, 0.05) is 4.47 Å². The van der Waals surface area contributed by atoms with E-state index in [2.05, 4.69) is 31.9 Å². The van der Waals surface area contributed by atoms with E-state index in [9.17, 15) is 17.6 Å². The monoisotopic (exact) mass is 334 g/mol. The van der Waals surface area contributed by atoms with Gasteiger partial charge in [0.2, 0.25) is 0 Å². The van der Waals surface area contributed by atoms with E-state index in [-0.39, 0.29) is 8.95 Å². The molecule has 0 unspecified atom stereocenters. The van der Waals surface area contributed by atoms with Crippen molar-refractivity contribution in [2.45, 2.75) is 13.1 Å². The lowest BCUT2D eigenvalue weighted by Crippen LogP contribution is -2.09. The van der Waals surface area contributed by atoms with Crippen LogP contribution in [0.1, 0.15) is 11.1 Å². The van der Waals surface area contributed by atoms with E-state index < -0.39 is 17.6 Å². The van der Waals surface area contributed by atoms with Crippen LogP contribution in [-0.4, -0.2) is 0 Å². The minimum atomic E-state index is -4.68. The number of hydrogen-bond donors (Lipinski definition) is 0. The van der Waals surface area contributed by atoms with Gasteiger partial charge in [-0.25, -0.2) is 4.39 Å². The summed E-state index contributed by atoms with van der Waals surface area (Å²) in [6, 6.07) is 0.732. The molecule has 0 radical (unpaired) electrons. The molecule has 0 N–H and O–H groups in total. The Hall–Kier alpha value is -0.100. The zero-order valence-electron chi connectivity index (χ0n) is 6.85. The van der Waals surface area contributed by atoms with Crippen molar-refractivity contribution in [1.82, 2.24) is 0 Å². The van der Waals surface area contributed by atoms with Crippen LogP contribution in [-0.2, 0) is 6.18 Å². The summed E-state index contributed by atoms with van der Waals surface area (Å²) in [6.07, 6.45) is -4.68. The zero-order valence-corrected chi connectivity index (χ0v) is 10.0. The van der Waals surface area contributed by atoms with Gasteiger partial charge in [-0.1, -0.05) is 15.9 Å². The first kappa shape index (κ1) is 12.0. The van der Waals surface area contributed by atoms with Crippen LogP contribution in [0.15, 0.2) is 15.0 Å². The fraction of sp³-hybridized carbons (Fsp3) is 0.250. The fourth-order valence-electron chi connectivity index (χ4n) is 0.892. The Morgan fingerprint density at radius 1 is 1.21 bits per heavy atom. The summed E-state index contributed by atoms with van der Waals surface area (Å²) in [5.74, 6) is -1.28. The Morgan fingerprint density at radius 3 is 2.14 bits per heavy atom. The summed E-state index contributed by atoms with van der Waals surface area (Å²) in [7, 11) is 0. The van der Waals surface area contributed by atoms with Crippen molar-refractivity contribution in [1.29, 1.82) is 0 Å². The molecule has 6 heteroatoms. The Bertz CT molecular complexity index is 371. The molecule has 1 aromatic carbocycles. The second-order valence-corrected chi connectivity index (χ2v) is 4.30. The summed E-state index contributed by atoms with van der Waals surface area (Å²) in [5, 5.41) is 0. The number of rotatable bonds is 0. The van der Waals surface area contributed by atoms with Crippen LogP contribution in [0, 0.1) is 12.7 Å². The highest BCUT2D eigenvalue weighted by atomic mass is 79.9. The maximum absolute atomic E-state index is 13.2. The van der Waals surface area contributed by atoms with Gasteiger partial charge in [-0.2, -0.15) is 13.2 Å². The van der Waals surface area contributed by atoms with E-state index in [1.54, 1.807) is 0 Å². The second kappa shape index (κ2) is 3.81. The van der Waals surface area contributed by atoms with Gasteiger partial charge in [-0.15, -0.1) is 0 Å². The highest BCUT2D eigenvalue weighted by Crippen LogP contribution is 2.38. The maximum atomic E-state index is 13.2. The molecule has 0 nitrogen and oxygen atoms in total. The van der Waals surface area contributed by atoms with Crippen LogP contribution in [0.25, 0.3) is 0 Å². The number of halogens is 6. The van der Waals surface area contributed by atoms with E-state index in [0.717, 1.165) is 6.07 Å². The lowest BCUT2D eigenvalue weighted by atomic mass is 10.1. The molecule has 0 heterocycles. The normalized spacial score (nSPS) is 11.9. The average molecular weight is 336 g/mol. The third-order valence-corrected chi connectivity index (χ3v) is 3.46. The first-order valence-corrected chi connectivity index (χ1v) is 5.05. The lowest BCUT2D eigenvalue weighted by Gasteiger charge is -2.11. The Kier molecular flexibility index (Phi) is 3.26. The molecule has 0 aromatic heterocycles. The van der Waals surface area contributed by atoms with Crippen molar-refractivity contribution >= 4 is 31.9 Å². The maximum Gasteiger partial charge on any atom is 0.419 e. The van der Waals surface area contributed by atoms with Crippen LogP contribution in [0.4, 0.5) is 17.6 Å². The molecule has 14 heavy (non-hydrogen) atoms. The van der Waals surface area contributed by atoms with Crippen molar-refractivity contribution in [2.24, 2.45) is 0 Å². The molecule has 0 saturated carbocycles. The van der Waals surface area contributed by atoms with Gasteiger partial charge >= 0.3 is 6.18 Å².